The van der Waals surface area contributed by atoms with E-state index in [4.69, 9.17) is 0 Å². The first-order valence-electron chi connectivity index (χ1n) is 5.61. The van der Waals surface area contributed by atoms with E-state index in [1.165, 1.54) is 44.1 Å². The average Bonchev–Trinajstić information content (AvgIpc) is 2.21. The predicted octanol–water partition coefficient (Wildman–Crippen LogP) is 4.95. The van der Waals surface area contributed by atoms with Crippen LogP contribution in [0.5, 0.6) is 0 Å². The number of rotatable bonds is 6. The Kier molecular flexibility index (Phi) is 17.1. The fourth-order valence-corrected chi connectivity index (χ4v) is 1.74. The average molecular weight is 268 g/mol. The minimum Gasteiger partial charge on any atom is -0.269 e. The minimum absolute atomic E-state index is 0. The zero-order valence-corrected chi connectivity index (χ0v) is 11.1. The molecule has 0 bridgehead atoms. The number of unbranched alkanes of at least 4 members (excludes halogenated alkanes) is 4. The smallest absolute Gasteiger partial charge is 0.00401 e. The van der Waals surface area contributed by atoms with Crippen LogP contribution in [0.1, 0.15) is 44.6 Å². The van der Waals surface area contributed by atoms with Gasteiger partial charge in [-0.05, 0) is 30.5 Å². The second kappa shape index (κ2) is 13.4. The van der Waals surface area contributed by atoms with Gasteiger partial charge in [0.25, 0.3) is 0 Å². The zero-order valence-electron chi connectivity index (χ0n) is 10.2. The molecule has 0 aliphatic rings. The summed E-state index contributed by atoms with van der Waals surface area (Å²) < 4.78 is 0. The molecule has 1 rings (SSSR count). The molecular weight excluding hydrogens is 245 g/mol. The first kappa shape index (κ1) is 21.6. The van der Waals surface area contributed by atoms with Gasteiger partial charge in [0.2, 0.25) is 0 Å². The van der Waals surface area contributed by atoms with Crippen molar-refractivity contribution in [3.8, 4) is 0 Å². The maximum atomic E-state index is 4.27. The third-order valence-corrected chi connectivity index (χ3v) is 2.80. The molecule has 0 amide bonds. The number of hydrogen-bond donors (Lipinski definition) is 1. The van der Waals surface area contributed by atoms with E-state index in [2.05, 4.69) is 43.8 Å². The lowest BCUT2D eigenvalue weighted by Crippen LogP contribution is -1.85. The molecule has 4 heteroatoms. The third kappa shape index (κ3) is 10.2. The van der Waals surface area contributed by atoms with E-state index in [-0.39, 0.29) is 14.1 Å². The molecule has 0 heterocycles. The topological polar surface area (TPSA) is 0 Å². The molecule has 0 fully saturated rings. The first-order valence-corrected chi connectivity index (χ1v) is 6.05. The van der Waals surface area contributed by atoms with Gasteiger partial charge in [0, 0.05) is 4.90 Å². The summed E-state index contributed by atoms with van der Waals surface area (Å²) in [5.41, 5.74) is 1.44. The second-order valence-electron chi connectivity index (χ2n) is 3.83. The molecule has 102 valence electrons. The molecule has 1 aromatic carbocycles. The normalized spacial score (nSPS) is 8.59. The number of benzene rings is 1. The highest BCUT2D eigenvalue weighted by Gasteiger charge is 1.93. The summed E-state index contributed by atoms with van der Waals surface area (Å²) in [5.74, 6) is 0. The standard InChI is InChI=1S/C13H20S.3FH/c1-2-3-4-5-6-7-12-8-10-13(14)11-9-12;;;/h8-11,14H,2-7H2,1H3;3*1H. The Labute approximate surface area is 107 Å². The fourth-order valence-electron chi connectivity index (χ4n) is 1.60. The molecule has 0 aliphatic heterocycles. The van der Waals surface area contributed by atoms with Gasteiger partial charge in [0.1, 0.15) is 0 Å². The predicted molar refractivity (Wildman–Crippen MR) is 73.7 cm³/mol. The van der Waals surface area contributed by atoms with Crippen LogP contribution in [0.15, 0.2) is 29.2 Å². The van der Waals surface area contributed by atoms with Gasteiger partial charge in [0.15, 0.2) is 0 Å². The zero-order chi connectivity index (χ0) is 10.2. The van der Waals surface area contributed by atoms with Crippen LogP contribution in [0.4, 0.5) is 14.1 Å². The molecule has 1 aromatic rings. The maximum Gasteiger partial charge on any atom is 0.00401 e. The lowest BCUT2D eigenvalue weighted by Gasteiger charge is -2.01. The molecule has 0 atom stereocenters. The van der Waals surface area contributed by atoms with Crippen LogP contribution in [0.2, 0.25) is 0 Å². The highest BCUT2D eigenvalue weighted by Crippen LogP contribution is 2.11. The molecule has 0 saturated carbocycles. The van der Waals surface area contributed by atoms with Gasteiger partial charge in [-0.2, -0.15) is 0 Å². The van der Waals surface area contributed by atoms with Crippen molar-refractivity contribution in [2.45, 2.75) is 50.3 Å². The van der Waals surface area contributed by atoms with Gasteiger partial charge in [0.05, 0.1) is 0 Å². The van der Waals surface area contributed by atoms with Crippen LogP contribution in [0.3, 0.4) is 0 Å². The number of aryl methyl sites for hydroxylation is 1. The summed E-state index contributed by atoms with van der Waals surface area (Å²) in [4.78, 5) is 1.06. The summed E-state index contributed by atoms with van der Waals surface area (Å²) in [6, 6.07) is 8.51. The van der Waals surface area contributed by atoms with Crippen LogP contribution in [0.25, 0.3) is 0 Å². The Morgan fingerprint density at radius 2 is 1.35 bits per heavy atom. The van der Waals surface area contributed by atoms with Gasteiger partial charge < -0.3 is 0 Å². The number of halogens is 3. The maximum absolute atomic E-state index is 4.27. The third-order valence-electron chi connectivity index (χ3n) is 2.51. The van der Waals surface area contributed by atoms with Crippen molar-refractivity contribution in [1.82, 2.24) is 0 Å². The van der Waals surface area contributed by atoms with E-state index in [9.17, 15) is 0 Å². The van der Waals surface area contributed by atoms with Crippen LogP contribution in [0, 0.1) is 0 Å². The molecule has 0 N–H and O–H groups in total. The SMILES string of the molecule is CCCCCCCc1ccc(S)cc1.F.F.F. The van der Waals surface area contributed by atoms with Gasteiger partial charge in [-0.25, -0.2) is 0 Å². The van der Waals surface area contributed by atoms with Gasteiger partial charge in [-0.1, -0.05) is 44.7 Å². The Morgan fingerprint density at radius 3 is 1.88 bits per heavy atom. The lowest BCUT2D eigenvalue weighted by molar-refractivity contribution is 0.632. The highest BCUT2D eigenvalue weighted by molar-refractivity contribution is 7.80. The molecule has 0 aliphatic carbocycles. The molecular formula is C13H23F3S. The summed E-state index contributed by atoms with van der Waals surface area (Å²) >= 11 is 4.27. The van der Waals surface area contributed by atoms with Crippen molar-refractivity contribution in [2.24, 2.45) is 0 Å². The van der Waals surface area contributed by atoms with Crippen molar-refractivity contribution in [1.29, 1.82) is 0 Å². The Hall–Kier alpha value is -0.640. The minimum atomic E-state index is 0. The first-order chi connectivity index (χ1) is 6.83. The number of hydrogen-bond acceptors (Lipinski definition) is 1. The van der Waals surface area contributed by atoms with E-state index in [0.29, 0.717) is 0 Å². The largest absolute Gasteiger partial charge is 0.269 e. The van der Waals surface area contributed by atoms with Crippen molar-refractivity contribution in [3.63, 3.8) is 0 Å². The molecule has 0 nitrogen and oxygen atoms in total. The van der Waals surface area contributed by atoms with E-state index in [0.717, 1.165) is 4.90 Å². The van der Waals surface area contributed by atoms with E-state index < -0.39 is 0 Å². The highest BCUT2D eigenvalue weighted by atomic mass is 32.1. The van der Waals surface area contributed by atoms with Gasteiger partial charge in [-0.15, -0.1) is 12.6 Å². The molecule has 0 spiro atoms. The molecule has 0 saturated heterocycles. The molecule has 0 unspecified atom stereocenters. The van der Waals surface area contributed by atoms with Gasteiger partial charge >= 0.3 is 0 Å². The molecule has 17 heavy (non-hydrogen) atoms. The fraction of sp³-hybridized carbons (Fsp3) is 0.538. The quantitative estimate of drug-likeness (QED) is 0.548. The Bertz CT molecular complexity index is 249. The summed E-state index contributed by atoms with van der Waals surface area (Å²) in [7, 11) is 0. The molecule has 0 radical (unpaired) electrons. The van der Waals surface area contributed by atoms with E-state index in [1.807, 2.05) is 0 Å². The van der Waals surface area contributed by atoms with E-state index >= 15 is 0 Å². The van der Waals surface area contributed by atoms with Crippen LogP contribution >= 0.6 is 12.6 Å². The second-order valence-corrected chi connectivity index (χ2v) is 4.35. The lowest BCUT2D eigenvalue weighted by atomic mass is 10.1. The monoisotopic (exact) mass is 268 g/mol. The Morgan fingerprint density at radius 1 is 0.824 bits per heavy atom. The van der Waals surface area contributed by atoms with Crippen LogP contribution in [-0.4, -0.2) is 0 Å². The summed E-state index contributed by atoms with van der Waals surface area (Å²) in [6.07, 6.45) is 8.02. The Balaban J connectivity index is -0.000000653. The van der Waals surface area contributed by atoms with Crippen molar-refractivity contribution >= 4 is 12.6 Å². The van der Waals surface area contributed by atoms with Gasteiger partial charge in [-0.3, -0.25) is 14.1 Å². The van der Waals surface area contributed by atoms with E-state index in [1.54, 1.807) is 0 Å². The van der Waals surface area contributed by atoms with Crippen LogP contribution < -0.4 is 0 Å². The summed E-state index contributed by atoms with van der Waals surface area (Å²) in [6.45, 7) is 2.26. The van der Waals surface area contributed by atoms with Crippen molar-refractivity contribution < 1.29 is 14.1 Å². The number of thiol groups is 1. The van der Waals surface area contributed by atoms with Crippen LogP contribution in [-0.2, 0) is 6.42 Å². The van der Waals surface area contributed by atoms with Crippen molar-refractivity contribution in [3.05, 3.63) is 29.8 Å². The molecule has 0 aromatic heterocycles. The van der Waals surface area contributed by atoms with Crippen molar-refractivity contribution in [2.75, 3.05) is 0 Å². The summed E-state index contributed by atoms with van der Waals surface area (Å²) in [5, 5.41) is 0.